The van der Waals surface area contributed by atoms with Gasteiger partial charge in [-0.3, -0.25) is 0 Å². The average molecular weight is 322 g/mol. The van der Waals surface area contributed by atoms with Crippen molar-refractivity contribution in [1.82, 2.24) is 0 Å². The number of benzene rings is 1. The van der Waals surface area contributed by atoms with Crippen molar-refractivity contribution in [1.29, 1.82) is 5.26 Å². The molecule has 0 saturated carbocycles. The second-order valence-corrected chi connectivity index (χ2v) is 4.08. The molecule has 0 N–H and O–H groups in total. The summed E-state index contributed by atoms with van der Waals surface area (Å²) in [6.07, 6.45) is 0. The van der Waals surface area contributed by atoms with Gasteiger partial charge >= 0.3 is 0 Å². The Bertz CT molecular complexity index is 328. The van der Waals surface area contributed by atoms with E-state index >= 15 is 0 Å². The van der Waals surface area contributed by atoms with Crippen molar-refractivity contribution >= 4 is 38.5 Å². The average Bonchev–Trinajstić information content (AvgIpc) is 2.01. The normalized spacial score (nSPS) is 9.27. The van der Waals surface area contributed by atoms with Gasteiger partial charge in [0, 0.05) is 8.04 Å². The van der Waals surface area contributed by atoms with Crippen LogP contribution in [0, 0.1) is 21.8 Å². The van der Waals surface area contributed by atoms with Crippen molar-refractivity contribution in [3.63, 3.8) is 0 Å². The van der Waals surface area contributed by atoms with Crippen LogP contribution in [0.5, 0.6) is 0 Å². The lowest BCUT2D eigenvalue weighted by atomic mass is 10.2. The Morgan fingerprint density at radius 3 is 2.73 bits per heavy atom. The number of hydrogen-bond acceptors (Lipinski definition) is 1. The highest BCUT2D eigenvalue weighted by Crippen LogP contribution is 2.23. The molecule has 0 atom stereocenters. The van der Waals surface area contributed by atoms with Crippen LogP contribution in [0.4, 0.5) is 0 Å². The van der Waals surface area contributed by atoms with Crippen LogP contribution in [0.25, 0.3) is 0 Å². The molecule has 0 heterocycles. The van der Waals surface area contributed by atoms with E-state index in [4.69, 9.17) is 5.26 Å². The first kappa shape index (κ1) is 9.01. The van der Waals surface area contributed by atoms with Gasteiger partial charge in [-0.2, -0.15) is 5.26 Å². The van der Waals surface area contributed by atoms with E-state index in [1.54, 1.807) is 0 Å². The summed E-state index contributed by atoms with van der Waals surface area (Å²) in [5, 5.41) is 8.66. The van der Waals surface area contributed by atoms with Crippen LogP contribution in [0.1, 0.15) is 11.1 Å². The minimum atomic E-state index is 0.742. The monoisotopic (exact) mass is 321 g/mol. The fourth-order valence-electron chi connectivity index (χ4n) is 0.748. The number of hydrogen-bond donors (Lipinski definition) is 0. The standard InChI is InChI=1S/C8H5BrIN/c1-5-7(9)3-2-6(4-11)8(5)10/h2-3H,1H3. The molecule has 1 aromatic carbocycles. The first-order valence-corrected chi connectivity index (χ1v) is 4.88. The second kappa shape index (κ2) is 3.55. The molecule has 1 rings (SSSR count). The summed E-state index contributed by atoms with van der Waals surface area (Å²) in [5.41, 5.74) is 1.87. The van der Waals surface area contributed by atoms with E-state index in [2.05, 4.69) is 44.6 Å². The van der Waals surface area contributed by atoms with Gasteiger partial charge in [0.2, 0.25) is 0 Å². The molecule has 0 saturated heterocycles. The van der Waals surface area contributed by atoms with E-state index in [1.807, 2.05) is 19.1 Å². The quantitative estimate of drug-likeness (QED) is 0.673. The molecule has 11 heavy (non-hydrogen) atoms. The Morgan fingerprint density at radius 1 is 1.55 bits per heavy atom. The highest BCUT2D eigenvalue weighted by molar-refractivity contribution is 14.1. The summed E-state index contributed by atoms with van der Waals surface area (Å²) in [6.45, 7) is 1.99. The number of halogens is 2. The summed E-state index contributed by atoms with van der Waals surface area (Å²) < 4.78 is 2.08. The third kappa shape index (κ3) is 1.74. The summed E-state index contributed by atoms with van der Waals surface area (Å²) in [4.78, 5) is 0. The van der Waals surface area contributed by atoms with Crippen molar-refractivity contribution in [2.75, 3.05) is 0 Å². The van der Waals surface area contributed by atoms with E-state index in [0.717, 1.165) is 19.2 Å². The van der Waals surface area contributed by atoms with Gasteiger partial charge in [0.15, 0.2) is 0 Å². The predicted octanol–water partition coefficient (Wildman–Crippen LogP) is 3.23. The molecule has 3 heteroatoms. The van der Waals surface area contributed by atoms with Crippen LogP contribution >= 0.6 is 38.5 Å². The first-order chi connectivity index (χ1) is 5.16. The Balaban J connectivity index is 3.40. The Labute approximate surface area is 87.7 Å². The third-order valence-corrected chi connectivity index (χ3v) is 3.69. The molecule has 0 aromatic heterocycles. The lowest BCUT2D eigenvalue weighted by Crippen LogP contribution is -1.86. The van der Waals surface area contributed by atoms with Crippen molar-refractivity contribution in [3.8, 4) is 6.07 Å². The van der Waals surface area contributed by atoms with Gasteiger partial charge in [0.05, 0.1) is 5.56 Å². The molecule has 1 aromatic rings. The molecule has 0 aliphatic carbocycles. The number of nitrogens with zero attached hydrogens (tertiary/aromatic N) is 1. The topological polar surface area (TPSA) is 23.8 Å². The highest BCUT2D eigenvalue weighted by atomic mass is 127. The molecule has 0 aliphatic heterocycles. The zero-order chi connectivity index (χ0) is 8.43. The van der Waals surface area contributed by atoms with E-state index in [-0.39, 0.29) is 0 Å². The van der Waals surface area contributed by atoms with E-state index in [1.165, 1.54) is 0 Å². The zero-order valence-corrected chi connectivity index (χ0v) is 9.60. The molecule has 0 radical (unpaired) electrons. The lowest BCUT2D eigenvalue weighted by Gasteiger charge is -2.01. The summed E-state index contributed by atoms with van der Waals surface area (Å²) in [6, 6.07) is 5.85. The SMILES string of the molecule is Cc1c(Br)ccc(C#N)c1I. The van der Waals surface area contributed by atoms with Gasteiger partial charge < -0.3 is 0 Å². The van der Waals surface area contributed by atoms with Gasteiger partial charge in [0.1, 0.15) is 6.07 Å². The molecular formula is C8H5BrIN. The van der Waals surface area contributed by atoms with Crippen molar-refractivity contribution in [3.05, 3.63) is 31.3 Å². The van der Waals surface area contributed by atoms with Crippen LogP contribution in [0.2, 0.25) is 0 Å². The molecule has 0 aliphatic rings. The van der Waals surface area contributed by atoms with Gasteiger partial charge in [-0.25, -0.2) is 0 Å². The molecular weight excluding hydrogens is 317 g/mol. The van der Waals surface area contributed by atoms with Gasteiger partial charge in [0.25, 0.3) is 0 Å². The second-order valence-electron chi connectivity index (χ2n) is 2.15. The van der Waals surface area contributed by atoms with Crippen molar-refractivity contribution < 1.29 is 0 Å². The van der Waals surface area contributed by atoms with Crippen molar-refractivity contribution in [2.24, 2.45) is 0 Å². The lowest BCUT2D eigenvalue weighted by molar-refractivity contribution is 1.35. The van der Waals surface area contributed by atoms with Gasteiger partial charge in [-0.05, 0) is 47.2 Å². The van der Waals surface area contributed by atoms with Gasteiger partial charge in [-0.15, -0.1) is 0 Å². The van der Waals surface area contributed by atoms with E-state index in [9.17, 15) is 0 Å². The van der Waals surface area contributed by atoms with Crippen LogP contribution in [-0.4, -0.2) is 0 Å². The fourth-order valence-corrected chi connectivity index (χ4v) is 2.04. The van der Waals surface area contributed by atoms with E-state index in [0.29, 0.717) is 0 Å². The maximum absolute atomic E-state index is 8.66. The number of rotatable bonds is 0. The van der Waals surface area contributed by atoms with Crippen LogP contribution in [0.3, 0.4) is 0 Å². The minimum absolute atomic E-state index is 0.742. The van der Waals surface area contributed by atoms with E-state index < -0.39 is 0 Å². The first-order valence-electron chi connectivity index (χ1n) is 3.01. The number of nitriles is 1. The molecule has 0 spiro atoms. The zero-order valence-electron chi connectivity index (χ0n) is 5.86. The highest BCUT2D eigenvalue weighted by Gasteiger charge is 2.03. The Kier molecular flexibility index (Phi) is 2.90. The fraction of sp³-hybridized carbons (Fsp3) is 0.125. The molecule has 0 unspecified atom stereocenters. The van der Waals surface area contributed by atoms with Gasteiger partial charge in [-0.1, -0.05) is 15.9 Å². The maximum Gasteiger partial charge on any atom is 0.100 e. The summed E-state index contributed by atoms with van der Waals surface area (Å²) in [5.74, 6) is 0. The molecule has 56 valence electrons. The maximum atomic E-state index is 8.66. The largest absolute Gasteiger partial charge is 0.192 e. The third-order valence-electron chi connectivity index (χ3n) is 1.44. The minimum Gasteiger partial charge on any atom is -0.192 e. The molecule has 0 bridgehead atoms. The molecule has 0 amide bonds. The summed E-state index contributed by atoms with van der Waals surface area (Å²) in [7, 11) is 0. The van der Waals surface area contributed by atoms with Crippen LogP contribution in [0.15, 0.2) is 16.6 Å². The predicted molar refractivity (Wildman–Crippen MR) is 56.3 cm³/mol. The Hall–Kier alpha value is -0.0800. The van der Waals surface area contributed by atoms with Crippen molar-refractivity contribution in [2.45, 2.75) is 6.92 Å². The molecule has 1 nitrogen and oxygen atoms in total. The summed E-state index contributed by atoms with van der Waals surface area (Å²) >= 11 is 5.57. The Morgan fingerprint density at radius 2 is 2.18 bits per heavy atom. The van der Waals surface area contributed by atoms with Crippen LogP contribution in [-0.2, 0) is 0 Å². The molecule has 0 fully saturated rings. The smallest absolute Gasteiger partial charge is 0.100 e. The van der Waals surface area contributed by atoms with Crippen LogP contribution < -0.4 is 0 Å².